The number of rotatable bonds is 3. The van der Waals surface area contributed by atoms with E-state index < -0.39 is 5.92 Å². The number of nitrogens with two attached hydrogens (primary N) is 1. The lowest BCUT2D eigenvalue weighted by Crippen LogP contribution is -2.32. The zero-order chi connectivity index (χ0) is 12.1. The van der Waals surface area contributed by atoms with E-state index in [0.29, 0.717) is 0 Å². The predicted octanol–water partition coefficient (Wildman–Crippen LogP) is 1.32. The maximum Gasteiger partial charge on any atom is 0.234 e. The zero-order valence-corrected chi connectivity index (χ0v) is 9.27. The van der Waals surface area contributed by atoms with Crippen LogP contribution in [0.15, 0.2) is 29.4 Å². The molecule has 0 fully saturated rings. The third kappa shape index (κ3) is 2.73. The second-order valence-electron chi connectivity index (χ2n) is 3.55. The normalized spacial score (nSPS) is 13.2. The molecule has 1 aromatic rings. The van der Waals surface area contributed by atoms with Crippen molar-refractivity contribution in [2.45, 2.75) is 13.8 Å². The Balaban J connectivity index is 2.76. The average molecular weight is 221 g/mol. The van der Waals surface area contributed by atoms with E-state index in [2.05, 4.69) is 10.5 Å². The first-order valence-corrected chi connectivity index (χ1v) is 4.90. The molecule has 5 nitrogen and oxygen atoms in total. The summed E-state index contributed by atoms with van der Waals surface area (Å²) in [7, 11) is 0. The third-order valence-electron chi connectivity index (χ3n) is 2.36. The number of oxime groups is 1. The van der Waals surface area contributed by atoms with E-state index in [-0.39, 0.29) is 11.7 Å². The number of nitrogens with zero attached hydrogens (tertiary/aromatic N) is 1. The SMILES string of the molecule is Cc1ccccc1NC(=O)C(C)C(N)=NO. The van der Waals surface area contributed by atoms with Gasteiger partial charge in [-0.05, 0) is 25.5 Å². The van der Waals surface area contributed by atoms with E-state index in [0.717, 1.165) is 11.3 Å². The molecule has 0 spiro atoms. The number of amides is 1. The summed E-state index contributed by atoms with van der Waals surface area (Å²) in [5.41, 5.74) is 7.04. The van der Waals surface area contributed by atoms with Crippen LogP contribution in [0.5, 0.6) is 0 Å². The molecule has 0 aliphatic rings. The molecule has 1 unspecified atom stereocenters. The number of benzene rings is 1. The number of hydrogen-bond acceptors (Lipinski definition) is 3. The molecule has 0 aliphatic carbocycles. The summed E-state index contributed by atoms with van der Waals surface area (Å²) >= 11 is 0. The van der Waals surface area contributed by atoms with E-state index in [1.807, 2.05) is 25.1 Å². The molecule has 86 valence electrons. The summed E-state index contributed by atoms with van der Waals surface area (Å²) in [4.78, 5) is 11.7. The highest BCUT2D eigenvalue weighted by Gasteiger charge is 2.17. The smallest absolute Gasteiger partial charge is 0.234 e. The predicted molar refractivity (Wildman–Crippen MR) is 62.4 cm³/mol. The van der Waals surface area contributed by atoms with Crippen molar-refractivity contribution in [1.82, 2.24) is 0 Å². The number of hydrogen-bond donors (Lipinski definition) is 3. The van der Waals surface area contributed by atoms with Crippen molar-refractivity contribution in [1.29, 1.82) is 0 Å². The first-order valence-electron chi connectivity index (χ1n) is 4.90. The van der Waals surface area contributed by atoms with Crippen LogP contribution in [0.4, 0.5) is 5.69 Å². The molecule has 5 heteroatoms. The van der Waals surface area contributed by atoms with Crippen LogP contribution in [-0.4, -0.2) is 17.0 Å². The van der Waals surface area contributed by atoms with Crippen LogP contribution >= 0.6 is 0 Å². The van der Waals surface area contributed by atoms with Crippen LogP contribution in [0.25, 0.3) is 0 Å². The fraction of sp³-hybridized carbons (Fsp3) is 0.273. The van der Waals surface area contributed by atoms with Gasteiger partial charge in [-0.25, -0.2) is 0 Å². The first kappa shape index (κ1) is 12.0. The largest absolute Gasteiger partial charge is 0.409 e. The minimum atomic E-state index is -0.662. The van der Waals surface area contributed by atoms with Crippen molar-refractivity contribution in [2.24, 2.45) is 16.8 Å². The maximum atomic E-state index is 11.7. The Morgan fingerprint density at radius 1 is 1.50 bits per heavy atom. The second-order valence-corrected chi connectivity index (χ2v) is 3.55. The van der Waals surface area contributed by atoms with E-state index in [1.54, 1.807) is 13.0 Å². The van der Waals surface area contributed by atoms with Crippen LogP contribution in [0, 0.1) is 12.8 Å². The van der Waals surface area contributed by atoms with Gasteiger partial charge in [-0.2, -0.15) is 0 Å². The van der Waals surface area contributed by atoms with Crippen LogP contribution in [-0.2, 0) is 4.79 Å². The van der Waals surface area contributed by atoms with Gasteiger partial charge in [0.25, 0.3) is 0 Å². The molecule has 4 N–H and O–H groups in total. The van der Waals surface area contributed by atoms with Crippen LogP contribution in [0.3, 0.4) is 0 Å². The van der Waals surface area contributed by atoms with Gasteiger partial charge in [-0.3, -0.25) is 4.79 Å². The van der Waals surface area contributed by atoms with Gasteiger partial charge in [-0.15, -0.1) is 0 Å². The number of carbonyl (C=O) groups is 1. The Bertz CT molecular complexity index is 415. The van der Waals surface area contributed by atoms with Crippen LogP contribution in [0.2, 0.25) is 0 Å². The van der Waals surface area contributed by atoms with Gasteiger partial charge in [0.1, 0.15) is 0 Å². The Labute approximate surface area is 94.0 Å². The molecular weight excluding hydrogens is 206 g/mol. The number of aryl methyl sites for hydroxylation is 1. The summed E-state index contributed by atoms with van der Waals surface area (Å²) < 4.78 is 0. The summed E-state index contributed by atoms with van der Waals surface area (Å²) in [5, 5.41) is 14.0. The van der Waals surface area contributed by atoms with Crippen LogP contribution < -0.4 is 11.1 Å². The summed E-state index contributed by atoms with van der Waals surface area (Å²) in [6, 6.07) is 7.41. The van der Waals surface area contributed by atoms with Crippen molar-refractivity contribution < 1.29 is 10.0 Å². The quantitative estimate of drug-likeness (QED) is 0.311. The Morgan fingerprint density at radius 3 is 2.69 bits per heavy atom. The number of carbonyl (C=O) groups excluding carboxylic acids is 1. The van der Waals surface area contributed by atoms with Gasteiger partial charge in [0.2, 0.25) is 5.91 Å². The van der Waals surface area contributed by atoms with Gasteiger partial charge >= 0.3 is 0 Å². The monoisotopic (exact) mass is 221 g/mol. The number of anilines is 1. The van der Waals surface area contributed by atoms with E-state index in [4.69, 9.17) is 10.9 Å². The number of nitrogens with one attached hydrogen (secondary N) is 1. The Kier molecular flexibility index (Phi) is 3.88. The van der Waals surface area contributed by atoms with Crippen molar-refractivity contribution in [2.75, 3.05) is 5.32 Å². The Morgan fingerprint density at radius 2 is 2.12 bits per heavy atom. The van der Waals surface area contributed by atoms with Crippen molar-refractivity contribution in [3.8, 4) is 0 Å². The molecule has 0 aromatic heterocycles. The molecule has 0 radical (unpaired) electrons. The van der Waals surface area contributed by atoms with Gasteiger partial charge in [0, 0.05) is 5.69 Å². The average Bonchev–Trinajstić information content (AvgIpc) is 2.30. The topological polar surface area (TPSA) is 87.7 Å². The zero-order valence-electron chi connectivity index (χ0n) is 9.27. The highest BCUT2D eigenvalue weighted by molar-refractivity contribution is 6.07. The third-order valence-corrected chi connectivity index (χ3v) is 2.36. The Hall–Kier alpha value is -2.04. The molecule has 0 aliphatic heterocycles. The van der Waals surface area contributed by atoms with Crippen LogP contribution in [0.1, 0.15) is 12.5 Å². The first-order chi connectivity index (χ1) is 7.56. The fourth-order valence-electron chi connectivity index (χ4n) is 1.18. The fourth-order valence-corrected chi connectivity index (χ4v) is 1.18. The minimum absolute atomic E-state index is 0.105. The van der Waals surface area contributed by atoms with E-state index in [9.17, 15) is 4.79 Å². The molecule has 0 saturated carbocycles. The van der Waals surface area contributed by atoms with Gasteiger partial charge in [-0.1, -0.05) is 23.4 Å². The van der Waals surface area contributed by atoms with Gasteiger partial charge in [0.15, 0.2) is 5.84 Å². The summed E-state index contributed by atoms with van der Waals surface area (Å²) in [6.45, 7) is 3.46. The highest BCUT2D eigenvalue weighted by atomic mass is 16.4. The number of amidine groups is 1. The lowest BCUT2D eigenvalue weighted by atomic mass is 10.1. The van der Waals surface area contributed by atoms with Gasteiger partial charge < -0.3 is 16.3 Å². The molecular formula is C11H15N3O2. The molecule has 1 aromatic carbocycles. The standard InChI is InChI=1S/C11H15N3O2/c1-7-5-3-4-6-9(7)13-11(15)8(2)10(12)14-16/h3-6,8,16H,1-2H3,(H2,12,14)(H,13,15). The highest BCUT2D eigenvalue weighted by Crippen LogP contribution is 2.14. The van der Waals surface area contributed by atoms with Gasteiger partial charge in [0.05, 0.1) is 5.92 Å². The summed E-state index contributed by atoms with van der Waals surface area (Å²) in [6.07, 6.45) is 0. The second kappa shape index (κ2) is 5.16. The van der Waals surface area contributed by atoms with E-state index >= 15 is 0 Å². The van der Waals surface area contributed by atoms with Crippen molar-refractivity contribution in [3.05, 3.63) is 29.8 Å². The lowest BCUT2D eigenvalue weighted by molar-refractivity contribution is -0.117. The maximum absolute atomic E-state index is 11.7. The molecule has 0 bridgehead atoms. The molecule has 0 heterocycles. The molecule has 1 amide bonds. The van der Waals surface area contributed by atoms with Crippen molar-refractivity contribution >= 4 is 17.4 Å². The molecule has 16 heavy (non-hydrogen) atoms. The lowest BCUT2D eigenvalue weighted by Gasteiger charge is -2.12. The van der Waals surface area contributed by atoms with E-state index in [1.165, 1.54) is 0 Å². The summed E-state index contributed by atoms with van der Waals surface area (Å²) in [5.74, 6) is -1.07. The van der Waals surface area contributed by atoms with Crippen molar-refractivity contribution in [3.63, 3.8) is 0 Å². The molecule has 1 atom stereocenters. The number of para-hydroxylation sites is 1. The minimum Gasteiger partial charge on any atom is -0.409 e. The molecule has 1 rings (SSSR count). The molecule has 0 saturated heterocycles.